The highest BCUT2D eigenvalue weighted by Crippen LogP contribution is 2.44. The summed E-state index contributed by atoms with van der Waals surface area (Å²) in [6.07, 6.45) is 3.00. The van der Waals surface area contributed by atoms with Gasteiger partial charge in [-0.05, 0) is 42.5 Å². The van der Waals surface area contributed by atoms with Crippen LogP contribution in [0.5, 0.6) is 5.75 Å². The molecular weight excluding hydrogens is 378 g/mol. The molecule has 1 saturated heterocycles. The zero-order valence-electron chi connectivity index (χ0n) is 17.0. The number of rotatable bonds is 5. The number of phenols is 1. The Labute approximate surface area is 175 Å². The minimum absolute atomic E-state index is 0.0527. The third-order valence-corrected chi connectivity index (χ3v) is 6.15. The van der Waals surface area contributed by atoms with E-state index in [0.29, 0.717) is 23.5 Å². The number of amides is 1. The fraction of sp³-hybridized carbons (Fsp3) is 0.333. The normalized spacial score (nSPS) is 20.7. The Hall–Kier alpha value is -3.12. The number of para-hydroxylation sites is 1. The van der Waals surface area contributed by atoms with Gasteiger partial charge < -0.3 is 14.7 Å². The standard InChI is InChI=1S/C24H25N3O3/c1-2-15-9-11-16(12-10-15)23-20-21(18-7-3-4-8-19(18)28)25-26-22(20)24(29)27(23)14-17-6-5-13-30-17/h3-4,7-12,17,23,28H,2,5-6,13-14H2,1H3,(H,25,26)/t17-,23+/m1/s1. The lowest BCUT2D eigenvalue weighted by Crippen LogP contribution is -2.36. The van der Waals surface area contributed by atoms with Crippen LogP contribution in [0.1, 0.15) is 53.0 Å². The van der Waals surface area contributed by atoms with E-state index in [4.69, 9.17) is 4.74 Å². The van der Waals surface area contributed by atoms with Crippen molar-refractivity contribution in [2.45, 2.75) is 38.3 Å². The van der Waals surface area contributed by atoms with Crippen molar-refractivity contribution in [2.24, 2.45) is 0 Å². The molecule has 2 atom stereocenters. The largest absolute Gasteiger partial charge is 0.507 e. The monoisotopic (exact) mass is 403 g/mol. The number of aromatic hydroxyl groups is 1. The van der Waals surface area contributed by atoms with Crippen LogP contribution < -0.4 is 0 Å². The van der Waals surface area contributed by atoms with E-state index in [0.717, 1.165) is 37.0 Å². The van der Waals surface area contributed by atoms with Crippen molar-refractivity contribution in [3.05, 3.63) is 70.9 Å². The first kappa shape index (κ1) is 18.9. The number of aryl methyl sites for hydroxylation is 1. The lowest BCUT2D eigenvalue weighted by Gasteiger charge is -2.28. The summed E-state index contributed by atoms with van der Waals surface area (Å²) in [4.78, 5) is 15.2. The highest BCUT2D eigenvalue weighted by Gasteiger charge is 2.43. The molecule has 6 heteroatoms. The molecule has 1 amide bonds. The Bertz CT molecular complexity index is 1070. The van der Waals surface area contributed by atoms with E-state index in [1.807, 2.05) is 17.0 Å². The summed E-state index contributed by atoms with van der Waals surface area (Å²) in [5.74, 6) is 0.0798. The van der Waals surface area contributed by atoms with Crippen molar-refractivity contribution >= 4 is 5.91 Å². The molecule has 2 N–H and O–H groups in total. The minimum Gasteiger partial charge on any atom is -0.507 e. The Kier molecular flexibility index (Phi) is 4.79. The third-order valence-electron chi connectivity index (χ3n) is 6.15. The number of carbonyl (C=O) groups excluding carboxylic acids is 1. The fourth-order valence-electron chi connectivity index (χ4n) is 4.55. The number of benzene rings is 2. The molecule has 1 fully saturated rings. The summed E-state index contributed by atoms with van der Waals surface area (Å²) < 4.78 is 5.83. The van der Waals surface area contributed by atoms with E-state index < -0.39 is 0 Å². The van der Waals surface area contributed by atoms with Gasteiger partial charge in [-0.25, -0.2) is 0 Å². The molecule has 6 nitrogen and oxygen atoms in total. The first-order valence-electron chi connectivity index (χ1n) is 10.6. The van der Waals surface area contributed by atoms with Crippen molar-refractivity contribution in [3.63, 3.8) is 0 Å². The van der Waals surface area contributed by atoms with Crippen LogP contribution in [0.3, 0.4) is 0 Å². The minimum atomic E-state index is -0.268. The number of H-pyrrole nitrogens is 1. The van der Waals surface area contributed by atoms with E-state index in [9.17, 15) is 9.90 Å². The van der Waals surface area contributed by atoms with E-state index in [-0.39, 0.29) is 23.8 Å². The summed E-state index contributed by atoms with van der Waals surface area (Å²) in [6.45, 7) is 3.42. The smallest absolute Gasteiger partial charge is 0.273 e. The predicted molar refractivity (Wildman–Crippen MR) is 113 cm³/mol. The Balaban J connectivity index is 1.62. The molecular formula is C24H25N3O3. The summed E-state index contributed by atoms with van der Waals surface area (Å²) in [7, 11) is 0. The van der Waals surface area contributed by atoms with Crippen molar-refractivity contribution in [1.82, 2.24) is 15.1 Å². The van der Waals surface area contributed by atoms with Crippen molar-refractivity contribution in [3.8, 4) is 17.0 Å². The van der Waals surface area contributed by atoms with Gasteiger partial charge in [0.1, 0.15) is 17.1 Å². The van der Waals surface area contributed by atoms with Crippen LogP contribution in [0.4, 0.5) is 0 Å². The molecule has 2 aliphatic heterocycles. The van der Waals surface area contributed by atoms with Gasteiger partial charge in [-0.3, -0.25) is 9.89 Å². The first-order chi connectivity index (χ1) is 14.7. The van der Waals surface area contributed by atoms with E-state index >= 15 is 0 Å². The van der Waals surface area contributed by atoms with Gasteiger partial charge in [-0.2, -0.15) is 5.10 Å². The molecule has 1 aromatic heterocycles. The maximum absolute atomic E-state index is 13.4. The maximum Gasteiger partial charge on any atom is 0.273 e. The Morgan fingerprint density at radius 3 is 2.70 bits per heavy atom. The molecule has 154 valence electrons. The van der Waals surface area contributed by atoms with Crippen molar-refractivity contribution in [2.75, 3.05) is 13.2 Å². The molecule has 30 heavy (non-hydrogen) atoms. The molecule has 2 aromatic carbocycles. The zero-order chi connectivity index (χ0) is 20.7. The lowest BCUT2D eigenvalue weighted by molar-refractivity contribution is 0.0495. The number of phenolic OH excluding ortho intramolecular Hbond substituents is 1. The van der Waals surface area contributed by atoms with E-state index in [1.54, 1.807) is 12.1 Å². The average Bonchev–Trinajstić information content (AvgIpc) is 3.49. The molecule has 3 heterocycles. The van der Waals surface area contributed by atoms with Crippen LogP contribution in [0, 0.1) is 0 Å². The number of nitrogens with zero attached hydrogens (tertiary/aromatic N) is 2. The van der Waals surface area contributed by atoms with Gasteiger partial charge in [0.2, 0.25) is 0 Å². The zero-order valence-corrected chi connectivity index (χ0v) is 17.0. The molecule has 0 bridgehead atoms. The van der Waals surface area contributed by atoms with Gasteiger partial charge in [0.05, 0.1) is 12.1 Å². The van der Waals surface area contributed by atoms with Crippen LogP contribution in [0.25, 0.3) is 11.3 Å². The molecule has 0 radical (unpaired) electrons. The quantitative estimate of drug-likeness (QED) is 0.673. The van der Waals surface area contributed by atoms with Gasteiger partial charge in [0.15, 0.2) is 0 Å². The second-order valence-electron chi connectivity index (χ2n) is 7.97. The number of hydrogen-bond acceptors (Lipinski definition) is 4. The van der Waals surface area contributed by atoms with Crippen LogP contribution in [-0.2, 0) is 11.2 Å². The Morgan fingerprint density at radius 2 is 2.00 bits per heavy atom. The number of aromatic nitrogens is 2. The molecule has 0 spiro atoms. The van der Waals surface area contributed by atoms with Crippen LogP contribution in [-0.4, -0.2) is 45.4 Å². The summed E-state index contributed by atoms with van der Waals surface area (Å²) in [6, 6.07) is 15.3. The number of ether oxygens (including phenoxy) is 1. The summed E-state index contributed by atoms with van der Waals surface area (Å²) >= 11 is 0. The number of hydrogen-bond donors (Lipinski definition) is 2. The number of aromatic amines is 1. The molecule has 0 unspecified atom stereocenters. The summed E-state index contributed by atoms with van der Waals surface area (Å²) in [5.41, 5.74) is 4.85. The second kappa shape index (κ2) is 7.61. The SMILES string of the molecule is CCc1ccc([C@H]2c3c(-c4ccccc4O)n[nH]c3C(=O)N2C[C@H]2CCCO2)cc1. The maximum atomic E-state index is 13.4. The molecule has 2 aliphatic rings. The van der Waals surface area contributed by atoms with Gasteiger partial charge >= 0.3 is 0 Å². The van der Waals surface area contributed by atoms with Gasteiger partial charge in [0, 0.05) is 24.3 Å². The van der Waals surface area contributed by atoms with Gasteiger partial charge in [-0.1, -0.05) is 43.3 Å². The Morgan fingerprint density at radius 1 is 1.20 bits per heavy atom. The van der Waals surface area contributed by atoms with Crippen molar-refractivity contribution < 1.29 is 14.6 Å². The molecule has 5 rings (SSSR count). The number of nitrogens with one attached hydrogen (secondary N) is 1. The predicted octanol–water partition coefficient (Wildman–Crippen LogP) is 4.07. The summed E-state index contributed by atoms with van der Waals surface area (Å²) in [5, 5.41) is 17.8. The van der Waals surface area contributed by atoms with Crippen LogP contribution >= 0.6 is 0 Å². The molecule has 0 saturated carbocycles. The van der Waals surface area contributed by atoms with Crippen molar-refractivity contribution in [1.29, 1.82) is 0 Å². The van der Waals surface area contributed by atoms with Gasteiger partial charge in [0.25, 0.3) is 5.91 Å². The first-order valence-corrected chi connectivity index (χ1v) is 10.6. The van der Waals surface area contributed by atoms with Crippen LogP contribution in [0.2, 0.25) is 0 Å². The van der Waals surface area contributed by atoms with E-state index in [2.05, 4.69) is 41.4 Å². The number of fused-ring (bicyclic) bond motifs is 1. The number of carbonyl (C=O) groups is 1. The lowest BCUT2D eigenvalue weighted by atomic mass is 9.94. The molecule has 0 aliphatic carbocycles. The molecule has 3 aromatic rings. The second-order valence-corrected chi connectivity index (χ2v) is 7.97. The topological polar surface area (TPSA) is 78.5 Å². The van der Waals surface area contributed by atoms with Crippen LogP contribution in [0.15, 0.2) is 48.5 Å². The average molecular weight is 403 g/mol. The van der Waals surface area contributed by atoms with Gasteiger partial charge in [-0.15, -0.1) is 0 Å². The highest BCUT2D eigenvalue weighted by atomic mass is 16.5. The van der Waals surface area contributed by atoms with E-state index in [1.165, 1.54) is 5.56 Å². The highest BCUT2D eigenvalue weighted by molar-refractivity contribution is 6.00. The third kappa shape index (κ3) is 3.08. The fourth-order valence-corrected chi connectivity index (χ4v) is 4.55.